The first kappa shape index (κ1) is 13.0. The Balaban J connectivity index is 2.09. The van der Waals surface area contributed by atoms with E-state index in [0.29, 0.717) is 13.0 Å². The molecule has 1 aromatic heterocycles. The largest absolute Gasteiger partial charge is 0.477 e. The molecule has 1 fully saturated rings. The summed E-state index contributed by atoms with van der Waals surface area (Å²) < 4.78 is 0. The molecule has 0 saturated carbocycles. The fourth-order valence-electron chi connectivity index (χ4n) is 1.84. The van der Waals surface area contributed by atoms with Gasteiger partial charge in [0.05, 0.1) is 0 Å². The van der Waals surface area contributed by atoms with Crippen LogP contribution in [-0.4, -0.2) is 40.5 Å². The first-order valence-electron chi connectivity index (χ1n) is 5.86. The number of carboxylic acids is 1. The van der Waals surface area contributed by atoms with Crippen LogP contribution in [-0.2, 0) is 4.79 Å². The minimum Gasteiger partial charge on any atom is -0.477 e. The van der Waals surface area contributed by atoms with Gasteiger partial charge in [-0.3, -0.25) is 9.59 Å². The SMILES string of the molecule is O=C(NC1CCCNC1=O)c1ccnc(C(=O)O)c1. The highest BCUT2D eigenvalue weighted by atomic mass is 16.4. The highest BCUT2D eigenvalue weighted by Gasteiger charge is 2.24. The number of carbonyl (C=O) groups excluding carboxylic acids is 2. The number of aromatic nitrogens is 1. The van der Waals surface area contributed by atoms with E-state index < -0.39 is 17.9 Å². The second kappa shape index (κ2) is 5.47. The lowest BCUT2D eigenvalue weighted by molar-refractivity contribution is -0.124. The molecule has 0 spiro atoms. The zero-order valence-electron chi connectivity index (χ0n) is 10.0. The summed E-state index contributed by atoms with van der Waals surface area (Å²) in [4.78, 5) is 37.8. The molecule has 0 bridgehead atoms. The van der Waals surface area contributed by atoms with Gasteiger partial charge in [-0.05, 0) is 25.0 Å². The maximum atomic E-state index is 11.9. The van der Waals surface area contributed by atoms with E-state index in [0.717, 1.165) is 6.42 Å². The molecule has 2 amide bonds. The maximum Gasteiger partial charge on any atom is 0.354 e. The van der Waals surface area contributed by atoms with Crippen LogP contribution in [0.4, 0.5) is 0 Å². The Morgan fingerprint density at radius 1 is 1.47 bits per heavy atom. The van der Waals surface area contributed by atoms with Gasteiger partial charge >= 0.3 is 5.97 Å². The molecule has 1 saturated heterocycles. The Kier molecular flexibility index (Phi) is 3.74. The minimum absolute atomic E-state index is 0.172. The number of hydrogen-bond donors (Lipinski definition) is 3. The van der Waals surface area contributed by atoms with Crippen molar-refractivity contribution in [1.82, 2.24) is 15.6 Å². The normalized spacial score (nSPS) is 18.5. The summed E-state index contributed by atoms with van der Waals surface area (Å²) in [6, 6.07) is 2.02. The van der Waals surface area contributed by atoms with Crippen molar-refractivity contribution in [3.63, 3.8) is 0 Å². The van der Waals surface area contributed by atoms with Gasteiger partial charge in [-0.1, -0.05) is 0 Å². The van der Waals surface area contributed by atoms with Crippen LogP contribution < -0.4 is 10.6 Å². The van der Waals surface area contributed by atoms with Crippen molar-refractivity contribution in [3.8, 4) is 0 Å². The number of aromatic carboxylic acids is 1. The number of piperidine rings is 1. The molecule has 0 aromatic carbocycles. The molecule has 7 heteroatoms. The number of pyridine rings is 1. The van der Waals surface area contributed by atoms with Gasteiger partial charge in [0.2, 0.25) is 5.91 Å². The third-order valence-electron chi connectivity index (χ3n) is 2.83. The van der Waals surface area contributed by atoms with Crippen molar-refractivity contribution in [2.24, 2.45) is 0 Å². The van der Waals surface area contributed by atoms with Crippen LogP contribution in [0, 0.1) is 0 Å². The second-order valence-electron chi connectivity index (χ2n) is 4.19. The van der Waals surface area contributed by atoms with Crippen LogP contribution in [0.3, 0.4) is 0 Å². The lowest BCUT2D eigenvalue weighted by atomic mass is 10.1. The second-order valence-corrected chi connectivity index (χ2v) is 4.19. The number of nitrogens with zero attached hydrogens (tertiary/aromatic N) is 1. The molecule has 2 rings (SSSR count). The molecule has 1 unspecified atom stereocenters. The third kappa shape index (κ3) is 3.06. The summed E-state index contributed by atoms with van der Waals surface area (Å²) in [6.45, 7) is 0.615. The third-order valence-corrected chi connectivity index (χ3v) is 2.83. The Morgan fingerprint density at radius 3 is 2.95 bits per heavy atom. The van der Waals surface area contributed by atoms with Gasteiger partial charge < -0.3 is 15.7 Å². The minimum atomic E-state index is -1.20. The number of carboxylic acid groups (broad SMARTS) is 1. The quantitative estimate of drug-likeness (QED) is 0.699. The van der Waals surface area contributed by atoms with E-state index >= 15 is 0 Å². The fourth-order valence-corrected chi connectivity index (χ4v) is 1.84. The van der Waals surface area contributed by atoms with Crippen LogP contribution in [0.1, 0.15) is 33.7 Å². The van der Waals surface area contributed by atoms with Gasteiger partial charge in [0.25, 0.3) is 5.91 Å². The molecule has 1 aliphatic rings. The molecule has 1 atom stereocenters. The molecule has 1 aliphatic heterocycles. The Hall–Kier alpha value is -2.44. The molecule has 1 aromatic rings. The van der Waals surface area contributed by atoms with Crippen molar-refractivity contribution in [1.29, 1.82) is 0 Å². The molecular weight excluding hydrogens is 250 g/mol. The number of carbonyl (C=O) groups is 3. The number of amides is 2. The Labute approximate surface area is 109 Å². The smallest absolute Gasteiger partial charge is 0.354 e. The highest BCUT2D eigenvalue weighted by molar-refractivity contribution is 5.99. The average molecular weight is 263 g/mol. The average Bonchev–Trinajstić information content (AvgIpc) is 2.41. The van der Waals surface area contributed by atoms with Gasteiger partial charge in [-0.2, -0.15) is 0 Å². The van der Waals surface area contributed by atoms with E-state index in [2.05, 4.69) is 15.6 Å². The molecule has 3 N–H and O–H groups in total. The topological polar surface area (TPSA) is 108 Å². The van der Waals surface area contributed by atoms with Crippen molar-refractivity contribution in [3.05, 3.63) is 29.6 Å². The summed E-state index contributed by atoms with van der Waals surface area (Å²) in [5, 5.41) is 14.0. The molecule has 100 valence electrons. The Morgan fingerprint density at radius 2 is 2.26 bits per heavy atom. The number of hydrogen-bond acceptors (Lipinski definition) is 4. The molecule has 0 radical (unpaired) electrons. The zero-order valence-corrected chi connectivity index (χ0v) is 10.0. The van der Waals surface area contributed by atoms with E-state index in [1.807, 2.05) is 0 Å². The molecule has 0 aliphatic carbocycles. The first-order valence-corrected chi connectivity index (χ1v) is 5.86. The van der Waals surface area contributed by atoms with Crippen molar-refractivity contribution >= 4 is 17.8 Å². The molecule has 2 heterocycles. The van der Waals surface area contributed by atoms with Gasteiger partial charge in [-0.25, -0.2) is 9.78 Å². The Bertz CT molecular complexity index is 529. The number of nitrogens with one attached hydrogen (secondary N) is 2. The van der Waals surface area contributed by atoms with Crippen LogP contribution >= 0.6 is 0 Å². The maximum absolute atomic E-state index is 11.9. The first-order chi connectivity index (χ1) is 9.08. The van der Waals surface area contributed by atoms with Crippen molar-refractivity contribution in [2.45, 2.75) is 18.9 Å². The van der Waals surface area contributed by atoms with Crippen LogP contribution in [0.15, 0.2) is 18.3 Å². The van der Waals surface area contributed by atoms with Crippen molar-refractivity contribution in [2.75, 3.05) is 6.54 Å². The predicted molar refractivity (Wildman–Crippen MR) is 64.7 cm³/mol. The fraction of sp³-hybridized carbons (Fsp3) is 0.333. The van der Waals surface area contributed by atoms with E-state index in [-0.39, 0.29) is 17.2 Å². The van der Waals surface area contributed by atoms with Gasteiger partial charge in [0.15, 0.2) is 0 Å². The predicted octanol–water partition coefficient (Wildman–Crippen LogP) is -0.212. The van der Waals surface area contributed by atoms with Crippen LogP contribution in [0.5, 0.6) is 0 Å². The van der Waals surface area contributed by atoms with E-state index in [1.54, 1.807) is 0 Å². The summed E-state index contributed by atoms with van der Waals surface area (Å²) in [7, 11) is 0. The van der Waals surface area contributed by atoms with Gasteiger partial charge in [0.1, 0.15) is 11.7 Å². The molecular formula is C12H13N3O4. The monoisotopic (exact) mass is 263 g/mol. The van der Waals surface area contributed by atoms with Gasteiger partial charge in [-0.15, -0.1) is 0 Å². The van der Waals surface area contributed by atoms with Gasteiger partial charge in [0, 0.05) is 18.3 Å². The van der Waals surface area contributed by atoms with E-state index in [1.165, 1.54) is 18.3 Å². The summed E-state index contributed by atoms with van der Waals surface area (Å²) >= 11 is 0. The molecule has 19 heavy (non-hydrogen) atoms. The zero-order chi connectivity index (χ0) is 13.8. The highest BCUT2D eigenvalue weighted by Crippen LogP contribution is 2.06. The summed E-state index contributed by atoms with van der Waals surface area (Å²) in [6.07, 6.45) is 2.63. The van der Waals surface area contributed by atoms with Crippen molar-refractivity contribution < 1.29 is 19.5 Å². The van der Waals surface area contributed by atoms with E-state index in [4.69, 9.17) is 5.11 Å². The van der Waals surface area contributed by atoms with Crippen LogP contribution in [0.2, 0.25) is 0 Å². The standard InChI is InChI=1S/C12H13N3O4/c16-10(15-8-2-1-4-14-11(8)17)7-3-5-13-9(6-7)12(18)19/h3,5-6,8H,1-2,4H2,(H,14,17)(H,15,16)(H,18,19). The molecule has 7 nitrogen and oxygen atoms in total. The number of rotatable bonds is 3. The van der Waals surface area contributed by atoms with Crippen LogP contribution in [0.25, 0.3) is 0 Å². The van der Waals surface area contributed by atoms with E-state index in [9.17, 15) is 14.4 Å². The summed E-state index contributed by atoms with van der Waals surface area (Å²) in [5.74, 6) is -1.90. The lowest BCUT2D eigenvalue weighted by Crippen LogP contribution is -2.50. The summed E-state index contributed by atoms with van der Waals surface area (Å²) in [5.41, 5.74) is -0.0356. The lowest BCUT2D eigenvalue weighted by Gasteiger charge is -2.22.